The van der Waals surface area contributed by atoms with Gasteiger partial charge in [0.15, 0.2) is 0 Å². The van der Waals surface area contributed by atoms with Crippen LogP contribution in [0.4, 0.5) is 0 Å². The lowest BCUT2D eigenvalue weighted by molar-refractivity contribution is -0.0637. The average Bonchev–Trinajstić information content (AvgIpc) is 2.04. The largest absolute Gasteiger partial charge is 0.231 e. The van der Waals surface area contributed by atoms with Crippen LogP contribution in [0.1, 0.15) is 13.8 Å². The zero-order valence-electron chi connectivity index (χ0n) is 7.93. The molecule has 0 aliphatic carbocycles. The Kier molecular flexibility index (Phi) is 4.40. The summed E-state index contributed by atoms with van der Waals surface area (Å²) in [5, 5.41) is 4.04. The molecule has 0 atom stereocenters. The summed E-state index contributed by atoms with van der Waals surface area (Å²) >= 11 is 8.53. The highest BCUT2D eigenvalue weighted by molar-refractivity contribution is 7.84. The molecule has 0 saturated heterocycles. The monoisotopic (exact) mass is 220 g/mol. The fraction of sp³-hybridized carbons (Fsp3) is 0.714. The van der Waals surface area contributed by atoms with E-state index >= 15 is 0 Å². The minimum Gasteiger partial charge on any atom is -0.231 e. The minimum atomic E-state index is 0.712. The first-order chi connectivity index (χ1) is 6.17. The number of thiol groups is 2. The Morgan fingerprint density at radius 2 is 2.15 bits per heavy atom. The highest BCUT2D eigenvalue weighted by atomic mass is 32.1. The van der Waals surface area contributed by atoms with Crippen molar-refractivity contribution in [2.24, 2.45) is 0 Å². The molecule has 0 fully saturated rings. The zero-order chi connectivity index (χ0) is 9.84. The van der Waals surface area contributed by atoms with Gasteiger partial charge in [0, 0.05) is 24.2 Å². The van der Waals surface area contributed by atoms with Gasteiger partial charge >= 0.3 is 0 Å². The Bertz CT molecular complexity index is 193. The lowest BCUT2D eigenvalue weighted by Gasteiger charge is -2.38. The van der Waals surface area contributed by atoms with E-state index in [1.165, 1.54) is 0 Å². The molecule has 1 heterocycles. The van der Waals surface area contributed by atoms with E-state index in [0.29, 0.717) is 6.54 Å². The first-order valence-corrected chi connectivity index (χ1v) is 5.18. The van der Waals surface area contributed by atoms with Gasteiger partial charge in [-0.25, -0.2) is 10.1 Å². The number of hydrogen-bond donors (Lipinski definition) is 3. The minimum absolute atomic E-state index is 0.712. The smallest absolute Gasteiger partial charge is 0.0583 e. The summed E-state index contributed by atoms with van der Waals surface area (Å²) in [7, 11) is 0. The van der Waals surface area contributed by atoms with Gasteiger partial charge in [0.25, 0.3) is 0 Å². The van der Waals surface area contributed by atoms with Crippen molar-refractivity contribution in [3.8, 4) is 0 Å². The van der Waals surface area contributed by atoms with Gasteiger partial charge in [0.1, 0.15) is 0 Å². The highest BCUT2D eigenvalue weighted by Gasteiger charge is 2.16. The molecule has 0 saturated carbocycles. The molecule has 1 rings (SSSR count). The Balaban J connectivity index is 2.63. The van der Waals surface area contributed by atoms with E-state index in [2.05, 4.69) is 49.8 Å². The molecular formula is C7H16N4S2. The van der Waals surface area contributed by atoms with E-state index in [1.54, 1.807) is 4.41 Å². The number of hydrazine groups is 3. The molecule has 1 aliphatic rings. The van der Waals surface area contributed by atoms with Crippen molar-refractivity contribution in [1.82, 2.24) is 20.1 Å². The third kappa shape index (κ3) is 3.07. The molecule has 6 heteroatoms. The molecule has 1 aliphatic heterocycles. The molecule has 0 aromatic heterocycles. The molecule has 0 aromatic carbocycles. The van der Waals surface area contributed by atoms with Crippen LogP contribution in [-0.2, 0) is 0 Å². The molecule has 4 nitrogen and oxygen atoms in total. The van der Waals surface area contributed by atoms with E-state index in [0.717, 1.165) is 18.0 Å². The summed E-state index contributed by atoms with van der Waals surface area (Å²) in [4.78, 5) is 0.987. The number of nitrogens with one attached hydrogen (secondary N) is 1. The highest BCUT2D eigenvalue weighted by Crippen LogP contribution is 2.12. The maximum Gasteiger partial charge on any atom is 0.0583 e. The standard InChI is InChI=1S/C7H16N4S2/c1-3-9(4-2)10-5-7(12)6-11(13)8-10/h5,8,12-13H,3-4,6H2,1-2H3. The van der Waals surface area contributed by atoms with Gasteiger partial charge in [0.2, 0.25) is 0 Å². The van der Waals surface area contributed by atoms with Crippen LogP contribution in [-0.4, -0.2) is 34.2 Å². The summed E-state index contributed by atoms with van der Waals surface area (Å²) in [6.07, 6.45) is 1.96. The van der Waals surface area contributed by atoms with Gasteiger partial charge in [-0.1, -0.05) is 26.7 Å². The third-order valence-electron chi connectivity index (χ3n) is 1.84. The summed E-state index contributed by atoms with van der Waals surface area (Å²) in [5.41, 5.74) is 3.08. The van der Waals surface area contributed by atoms with Gasteiger partial charge in [0.05, 0.1) is 6.54 Å². The normalized spacial score (nSPS) is 19.5. The lowest BCUT2D eigenvalue weighted by Crippen LogP contribution is -2.54. The number of nitrogens with zero attached hydrogens (tertiary/aromatic N) is 3. The lowest BCUT2D eigenvalue weighted by atomic mass is 10.5. The van der Waals surface area contributed by atoms with Crippen molar-refractivity contribution in [3.63, 3.8) is 0 Å². The fourth-order valence-corrected chi connectivity index (χ4v) is 1.80. The van der Waals surface area contributed by atoms with Gasteiger partial charge in [-0.3, -0.25) is 0 Å². The van der Waals surface area contributed by atoms with Crippen molar-refractivity contribution < 1.29 is 0 Å². The Morgan fingerprint density at radius 3 is 2.62 bits per heavy atom. The SMILES string of the molecule is CCN(CC)N1C=C(S)CN(S)N1. The van der Waals surface area contributed by atoms with Gasteiger partial charge in [-0.2, -0.15) is 4.41 Å². The van der Waals surface area contributed by atoms with Crippen LogP contribution in [0.2, 0.25) is 0 Å². The number of rotatable bonds is 3. The van der Waals surface area contributed by atoms with Crippen molar-refractivity contribution in [3.05, 3.63) is 11.1 Å². The Morgan fingerprint density at radius 1 is 1.54 bits per heavy atom. The van der Waals surface area contributed by atoms with Crippen molar-refractivity contribution >= 4 is 25.4 Å². The molecule has 0 spiro atoms. The van der Waals surface area contributed by atoms with Crippen LogP contribution in [0.3, 0.4) is 0 Å². The first-order valence-electron chi connectivity index (χ1n) is 4.33. The summed E-state index contributed by atoms with van der Waals surface area (Å²) < 4.78 is 1.70. The van der Waals surface area contributed by atoms with Crippen molar-refractivity contribution in [2.45, 2.75) is 13.8 Å². The fourth-order valence-electron chi connectivity index (χ4n) is 1.19. The van der Waals surface area contributed by atoms with Crippen molar-refractivity contribution in [2.75, 3.05) is 19.6 Å². The quantitative estimate of drug-likeness (QED) is 0.615. The van der Waals surface area contributed by atoms with E-state index in [4.69, 9.17) is 0 Å². The van der Waals surface area contributed by atoms with E-state index in [9.17, 15) is 0 Å². The predicted octanol–water partition coefficient (Wildman–Crippen LogP) is 0.896. The molecular weight excluding hydrogens is 204 g/mol. The molecule has 13 heavy (non-hydrogen) atoms. The van der Waals surface area contributed by atoms with Gasteiger partial charge in [-0.05, 0) is 0 Å². The Labute approximate surface area is 90.4 Å². The summed E-state index contributed by atoms with van der Waals surface area (Å²) in [6, 6.07) is 0. The van der Waals surface area contributed by atoms with E-state index < -0.39 is 0 Å². The van der Waals surface area contributed by atoms with Gasteiger partial charge in [-0.15, -0.1) is 18.2 Å². The van der Waals surface area contributed by atoms with E-state index in [-0.39, 0.29) is 0 Å². The second-order valence-corrected chi connectivity index (χ2v) is 3.82. The molecule has 0 amide bonds. The molecule has 76 valence electrons. The predicted molar refractivity (Wildman–Crippen MR) is 60.7 cm³/mol. The second kappa shape index (κ2) is 5.11. The summed E-state index contributed by atoms with van der Waals surface area (Å²) in [6.45, 7) is 6.82. The van der Waals surface area contributed by atoms with Crippen LogP contribution >= 0.6 is 25.4 Å². The first kappa shape index (κ1) is 11.2. The molecule has 1 N–H and O–H groups in total. The number of hydrogen-bond acceptors (Lipinski definition) is 6. The van der Waals surface area contributed by atoms with Crippen molar-refractivity contribution in [1.29, 1.82) is 0 Å². The Hall–Kier alpha value is 0.120. The van der Waals surface area contributed by atoms with Crippen LogP contribution in [0.5, 0.6) is 0 Å². The van der Waals surface area contributed by atoms with Crippen LogP contribution in [0, 0.1) is 0 Å². The molecule has 0 radical (unpaired) electrons. The second-order valence-electron chi connectivity index (χ2n) is 2.76. The maximum atomic E-state index is 4.31. The van der Waals surface area contributed by atoms with Crippen LogP contribution in [0.15, 0.2) is 11.1 Å². The van der Waals surface area contributed by atoms with E-state index in [1.807, 2.05) is 11.3 Å². The molecule has 0 unspecified atom stereocenters. The van der Waals surface area contributed by atoms with Gasteiger partial charge < -0.3 is 0 Å². The maximum absolute atomic E-state index is 4.31. The third-order valence-corrected chi connectivity index (χ3v) is 2.32. The topological polar surface area (TPSA) is 21.8 Å². The van der Waals surface area contributed by atoms with Crippen LogP contribution < -0.4 is 5.53 Å². The zero-order valence-corrected chi connectivity index (χ0v) is 9.72. The van der Waals surface area contributed by atoms with Crippen LogP contribution in [0.25, 0.3) is 0 Å². The molecule has 0 bridgehead atoms. The average molecular weight is 220 g/mol. The summed E-state index contributed by atoms with van der Waals surface area (Å²) in [5.74, 6) is 0. The molecule has 0 aromatic rings.